The van der Waals surface area contributed by atoms with Crippen LogP contribution in [-0.2, 0) is 11.2 Å². The van der Waals surface area contributed by atoms with E-state index in [9.17, 15) is 4.79 Å². The van der Waals surface area contributed by atoms with Gasteiger partial charge < -0.3 is 10.1 Å². The summed E-state index contributed by atoms with van der Waals surface area (Å²) in [6, 6.07) is 0.106. The topological polar surface area (TPSA) is 56.2 Å². The van der Waals surface area contributed by atoms with Crippen LogP contribution in [-0.4, -0.2) is 42.4 Å². The van der Waals surface area contributed by atoms with Crippen LogP contribution in [0.1, 0.15) is 48.3 Å². The largest absolute Gasteiger partial charge is 0.382 e. The van der Waals surface area contributed by atoms with E-state index in [0.717, 1.165) is 43.6 Å². The monoisotopic (exact) mass is 277 g/mol. The van der Waals surface area contributed by atoms with E-state index in [4.69, 9.17) is 4.74 Å². The minimum atomic E-state index is 0.106. The van der Waals surface area contributed by atoms with Gasteiger partial charge in [0.2, 0.25) is 0 Å². The predicted molar refractivity (Wildman–Crippen MR) is 76.0 cm³/mol. The lowest BCUT2D eigenvalue weighted by Gasteiger charge is -2.40. The van der Waals surface area contributed by atoms with Gasteiger partial charge in [0, 0.05) is 19.1 Å². The molecule has 2 heterocycles. The number of methoxy groups -OCH3 is 1. The Labute approximate surface area is 119 Å². The van der Waals surface area contributed by atoms with Crippen molar-refractivity contribution in [3.63, 3.8) is 0 Å². The molecule has 1 N–H and O–H groups in total. The molecule has 0 radical (unpaired) electrons. The highest BCUT2D eigenvalue weighted by molar-refractivity contribution is 5.97. The quantitative estimate of drug-likeness (QED) is 0.911. The summed E-state index contributed by atoms with van der Waals surface area (Å²) in [6.45, 7) is 4.67. The number of piperidine rings is 1. The highest BCUT2D eigenvalue weighted by Gasteiger charge is 2.41. The normalized spacial score (nSPS) is 22.8. The molecule has 0 aromatic carbocycles. The molecule has 1 saturated heterocycles. The van der Waals surface area contributed by atoms with Gasteiger partial charge in [-0.1, -0.05) is 0 Å². The van der Waals surface area contributed by atoms with Gasteiger partial charge in [-0.3, -0.25) is 9.48 Å². The second-order valence-corrected chi connectivity index (χ2v) is 6.29. The molecule has 2 aliphatic rings. The smallest absolute Gasteiger partial charge is 0.181 e. The number of carbonyl (C=O) groups excluding carboxylic acids is 1. The summed E-state index contributed by atoms with van der Waals surface area (Å²) in [5.41, 5.74) is 2.12. The molecule has 1 spiro atoms. The summed E-state index contributed by atoms with van der Waals surface area (Å²) in [7, 11) is 1.68. The standard InChI is InChI=1S/C15H23N3O2/c1-11(10-20-2)18-14-12(9-17-18)7-15(8-13(14)19)3-5-16-6-4-15/h9,11,16H,3-8,10H2,1-2H3. The Morgan fingerprint density at radius 1 is 1.45 bits per heavy atom. The molecule has 1 aliphatic carbocycles. The fourth-order valence-corrected chi connectivity index (χ4v) is 3.68. The van der Waals surface area contributed by atoms with E-state index in [1.165, 1.54) is 0 Å². The predicted octanol–water partition coefficient (Wildman–Crippen LogP) is 1.59. The Bertz CT molecular complexity index is 503. The fraction of sp³-hybridized carbons (Fsp3) is 0.733. The Kier molecular flexibility index (Phi) is 3.65. The van der Waals surface area contributed by atoms with E-state index in [1.807, 2.05) is 17.8 Å². The molecule has 0 bridgehead atoms. The number of nitrogens with one attached hydrogen (secondary N) is 1. The highest BCUT2D eigenvalue weighted by Crippen LogP contribution is 2.42. The van der Waals surface area contributed by atoms with Gasteiger partial charge >= 0.3 is 0 Å². The van der Waals surface area contributed by atoms with Crippen molar-refractivity contribution in [2.24, 2.45) is 5.41 Å². The van der Waals surface area contributed by atoms with E-state index < -0.39 is 0 Å². The molecule has 1 unspecified atom stereocenters. The number of rotatable bonds is 3. The zero-order valence-corrected chi connectivity index (χ0v) is 12.3. The molecule has 0 amide bonds. The summed E-state index contributed by atoms with van der Waals surface area (Å²) in [5, 5.41) is 7.83. The minimum absolute atomic E-state index is 0.106. The number of aromatic nitrogens is 2. The van der Waals surface area contributed by atoms with Gasteiger partial charge in [0.1, 0.15) is 5.69 Å². The lowest BCUT2D eigenvalue weighted by atomic mass is 9.67. The summed E-state index contributed by atoms with van der Waals surface area (Å²) in [6.07, 6.45) is 5.75. The zero-order chi connectivity index (χ0) is 14.2. The zero-order valence-electron chi connectivity index (χ0n) is 12.3. The van der Waals surface area contributed by atoms with Gasteiger partial charge in [0.15, 0.2) is 5.78 Å². The van der Waals surface area contributed by atoms with E-state index in [2.05, 4.69) is 10.4 Å². The highest BCUT2D eigenvalue weighted by atomic mass is 16.5. The molecule has 1 fully saturated rings. The second kappa shape index (κ2) is 5.30. The van der Waals surface area contributed by atoms with Gasteiger partial charge in [-0.2, -0.15) is 5.10 Å². The number of ether oxygens (including phenoxy) is 1. The molecule has 1 aromatic heterocycles. The number of hydrogen-bond acceptors (Lipinski definition) is 4. The Hall–Kier alpha value is -1.20. The lowest BCUT2D eigenvalue weighted by molar-refractivity contribution is 0.0813. The van der Waals surface area contributed by atoms with Crippen LogP contribution in [0.4, 0.5) is 0 Å². The van der Waals surface area contributed by atoms with Crippen LogP contribution in [0.15, 0.2) is 6.20 Å². The van der Waals surface area contributed by atoms with E-state index >= 15 is 0 Å². The van der Waals surface area contributed by atoms with Gasteiger partial charge in [0.05, 0.1) is 18.8 Å². The molecule has 1 aliphatic heterocycles. The first-order chi connectivity index (χ1) is 9.65. The van der Waals surface area contributed by atoms with Crippen LogP contribution in [0.2, 0.25) is 0 Å². The summed E-state index contributed by atoms with van der Waals surface area (Å²) >= 11 is 0. The van der Waals surface area contributed by atoms with Crippen molar-refractivity contribution in [2.75, 3.05) is 26.8 Å². The van der Waals surface area contributed by atoms with Crippen molar-refractivity contribution in [3.8, 4) is 0 Å². The van der Waals surface area contributed by atoms with Crippen LogP contribution in [0.25, 0.3) is 0 Å². The SMILES string of the molecule is COCC(C)n1ncc2c1C(=O)CC1(CCNCC1)C2. The number of ketones is 1. The van der Waals surface area contributed by atoms with E-state index in [1.54, 1.807) is 7.11 Å². The maximum absolute atomic E-state index is 12.6. The second-order valence-electron chi connectivity index (χ2n) is 6.29. The number of nitrogens with zero attached hydrogens (tertiary/aromatic N) is 2. The van der Waals surface area contributed by atoms with Crippen molar-refractivity contribution in [3.05, 3.63) is 17.5 Å². The third-order valence-electron chi connectivity index (χ3n) is 4.73. The van der Waals surface area contributed by atoms with E-state index in [0.29, 0.717) is 13.0 Å². The summed E-state index contributed by atoms with van der Waals surface area (Å²) in [4.78, 5) is 12.6. The van der Waals surface area contributed by atoms with Crippen LogP contribution in [0, 0.1) is 5.41 Å². The molecule has 5 nitrogen and oxygen atoms in total. The molecule has 5 heteroatoms. The van der Waals surface area contributed by atoms with Gasteiger partial charge in [-0.25, -0.2) is 0 Å². The van der Waals surface area contributed by atoms with Crippen LogP contribution < -0.4 is 5.32 Å². The summed E-state index contributed by atoms with van der Waals surface area (Å²) in [5.74, 6) is 0.258. The number of carbonyl (C=O) groups is 1. The fourth-order valence-electron chi connectivity index (χ4n) is 3.68. The van der Waals surface area contributed by atoms with Crippen molar-refractivity contribution < 1.29 is 9.53 Å². The third-order valence-corrected chi connectivity index (χ3v) is 4.73. The van der Waals surface area contributed by atoms with Crippen molar-refractivity contribution >= 4 is 5.78 Å². The Morgan fingerprint density at radius 3 is 2.90 bits per heavy atom. The Morgan fingerprint density at radius 2 is 2.20 bits per heavy atom. The van der Waals surface area contributed by atoms with Crippen LogP contribution in [0.3, 0.4) is 0 Å². The lowest BCUT2D eigenvalue weighted by Crippen LogP contribution is -2.42. The summed E-state index contributed by atoms with van der Waals surface area (Å²) < 4.78 is 7.04. The van der Waals surface area contributed by atoms with Gasteiger partial charge in [-0.05, 0) is 44.7 Å². The maximum Gasteiger partial charge on any atom is 0.181 e. The van der Waals surface area contributed by atoms with Crippen molar-refractivity contribution in [1.29, 1.82) is 0 Å². The first kappa shape index (κ1) is 13.8. The number of Topliss-reactive ketones (excluding diaryl/α,β-unsaturated/α-hetero) is 1. The first-order valence-electron chi connectivity index (χ1n) is 7.44. The van der Waals surface area contributed by atoms with Crippen molar-refractivity contribution in [1.82, 2.24) is 15.1 Å². The molecule has 3 rings (SSSR count). The third kappa shape index (κ3) is 2.29. The average molecular weight is 277 g/mol. The molecule has 110 valence electrons. The minimum Gasteiger partial charge on any atom is -0.382 e. The average Bonchev–Trinajstić information content (AvgIpc) is 2.83. The van der Waals surface area contributed by atoms with E-state index in [-0.39, 0.29) is 17.2 Å². The first-order valence-corrected chi connectivity index (χ1v) is 7.44. The maximum atomic E-state index is 12.6. The molecule has 0 saturated carbocycles. The van der Waals surface area contributed by atoms with Crippen LogP contribution >= 0.6 is 0 Å². The number of hydrogen-bond donors (Lipinski definition) is 1. The molecule has 1 atom stereocenters. The van der Waals surface area contributed by atoms with Crippen LogP contribution in [0.5, 0.6) is 0 Å². The number of fused-ring (bicyclic) bond motifs is 1. The molecule has 1 aromatic rings. The van der Waals surface area contributed by atoms with Gasteiger partial charge in [0.25, 0.3) is 0 Å². The van der Waals surface area contributed by atoms with Gasteiger partial charge in [-0.15, -0.1) is 0 Å². The van der Waals surface area contributed by atoms with Crippen molar-refractivity contribution in [2.45, 2.75) is 38.6 Å². The molecular formula is C15H23N3O2. The molecule has 20 heavy (non-hydrogen) atoms. The molecular weight excluding hydrogens is 254 g/mol. The Balaban J connectivity index is 1.89.